The van der Waals surface area contributed by atoms with E-state index in [0.717, 1.165) is 4.31 Å². The number of sulfonamides is 2. The van der Waals surface area contributed by atoms with Crippen molar-refractivity contribution in [2.24, 2.45) is 0 Å². The van der Waals surface area contributed by atoms with Gasteiger partial charge in [0.05, 0.1) is 31.0 Å². The van der Waals surface area contributed by atoms with E-state index in [1.165, 1.54) is 39.3 Å². The first kappa shape index (κ1) is 20.2. The summed E-state index contributed by atoms with van der Waals surface area (Å²) in [6.07, 6.45) is 0.0480. The minimum atomic E-state index is -3.89. The lowest BCUT2D eigenvalue weighted by atomic mass is 10.3. The van der Waals surface area contributed by atoms with Crippen molar-refractivity contribution < 1.29 is 21.6 Å². The van der Waals surface area contributed by atoms with E-state index in [-0.39, 0.29) is 28.5 Å². The number of methoxy groups -OCH3 is 1. The largest absolute Gasteiger partial charge is 0.495 e. The van der Waals surface area contributed by atoms with Gasteiger partial charge in [0.1, 0.15) is 10.6 Å². The Labute approximate surface area is 143 Å². The summed E-state index contributed by atoms with van der Waals surface area (Å²) in [5.74, 6) is -0.0913. The Morgan fingerprint density at radius 1 is 1.33 bits per heavy atom. The number of nitrogens with zero attached hydrogens (tertiary/aromatic N) is 2. The van der Waals surface area contributed by atoms with E-state index in [2.05, 4.69) is 4.72 Å². The van der Waals surface area contributed by atoms with Crippen molar-refractivity contribution in [3.8, 4) is 11.8 Å². The molecule has 0 amide bonds. The molecular formula is C14H21N3O5S2. The van der Waals surface area contributed by atoms with Gasteiger partial charge in [-0.2, -0.15) is 9.57 Å². The number of nitrogens with one attached hydrogen (secondary N) is 1. The van der Waals surface area contributed by atoms with Crippen molar-refractivity contribution in [1.82, 2.24) is 4.31 Å². The molecule has 1 aromatic rings. The van der Waals surface area contributed by atoms with Crippen LogP contribution < -0.4 is 9.46 Å². The van der Waals surface area contributed by atoms with Gasteiger partial charge in [0.15, 0.2) is 0 Å². The molecule has 0 aliphatic rings. The van der Waals surface area contributed by atoms with Crippen molar-refractivity contribution in [3.63, 3.8) is 0 Å². The third-order valence-electron chi connectivity index (χ3n) is 3.48. The van der Waals surface area contributed by atoms with Gasteiger partial charge < -0.3 is 4.74 Å². The average Bonchev–Trinajstić information content (AvgIpc) is 2.53. The van der Waals surface area contributed by atoms with Gasteiger partial charge in [0, 0.05) is 19.2 Å². The molecule has 0 saturated carbocycles. The SMILES string of the molecule is CCS(=O)(=O)Nc1ccc(S(=O)(=O)N(C)C(C)CC#N)c(OC)c1. The maximum Gasteiger partial charge on any atom is 0.246 e. The number of anilines is 1. The molecule has 0 spiro atoms. The first-order chi connectivity index (χ1) is 11.1. The molecule has 0 aliphatic heterocycles. The zero-order valence-corrected chi connectivity index (χ0v) is 15.6. The van der Waals surface area contributed by atoms with Crippen molar-refractivity contribution >= 4 is 25.7 Å². The van der Waals surface area contributed by atoms with E-state index in [1.54, 1.807) is 6.92 Å². The normalized spacial score (nSPS) is 13.3. The Bertz CT molecular complexity index is 828. The lowest BCUT2D eigenvalue weighted by Crippen LogP contribution is -2.35. The molecule has 0 saturated heterocycles. The van der Waals surface area contributed by atoms with Crippen LogP contribution in [-0.4, -0.2) is 47.1 Å². The second kappa shape index (κ2) is 7.83. The molecule has 0 heterocycles. The van der Waals surface area contributed by atoms with Crippen LogP contribution in [0.1, 0.15) is 20.3 Å². The fourth-order valence-corrected chi connectivity index (χ4v) is 3.97. The van der Waals surface area contributed by atoms with Crippen LogP contribution in [0.3, 0.4) is 0 Å². The van der Waals surface area contributed by atoms with Crippen molar-refractivity contribution in [1.29, 1.82) is 5.26 Å². The Kier molecular flexibility index (Phi) is 6.59. The van der Waals surface area contributed by atoms with Crippen molar-refractivity contribution in [2.75, 3.05) is 24.6 Å². The van der Waals surface area contributed by atoms with E-state index in [9.17, 15) is 16.8 Å². The third kappa shape index (κ3) is 4.59. The molecular weight excluding hydrogens is 354 g/mol. The third-order valence-corrected chi connectivity index (χ3v) is 6.80. The number of benzene rings is 1. The monoisotopic (exact) mass is 375 g/mol. The summed E-state index contributed by atoms with van der Waals surface area (Å²) in [6, 6.07) is 5.35. The second-order valence-electron chi connectivity index (χ2n) is 5.10. The van der Waals surface area contributed by atoms with Crippen LogP contribution in [0.15, 0.2) is 23.1 Å². The summed E-state index contributed by atoms with van der Waals surface area (Å²) in [5, 5.41) is 8.73. The van der Waals surface area contributed by atoms with Gasteiger partial charge in [-0.25, -0.2) is 16.8 Å². The minimum Gasteiger partial charge on any atom is -0.495 e. The standard InChI is InChI=1S/C14H21N3O5S2/c1-5-23(18,19)16-12-6-7-14(13(10-12)22-4)24(20,21)17(3)11(2)8-9-15/h6-7,10-11,16H,5,8H2,1-4H3. The van der Waals surface area contributed by atoms with Gasteiger partial charge in [-0.05, 0) is 26.0 Å². The average molecular weight is 375 g/mol. The number of hydrogen-bond acceptors (Lipinski definition) is 6. The maximum absolute atomic E-state index is 12.7. The molecule has 0 bridgehead atoms. The highest BCUT2D eigenvalue weighted by Gasteiger charge is 2.28. The molecule has 0 aromatic heterocycles. The zero-order chi connectivity index (χ0) is 18.5. The minimum absolute atomic E-state index is 0.0160. The predicted octanol–water partition coefficient (Wildman–Crippen LogP) is 1.38. The summed E-state index contributed by atoms with van der Waals surface area (Å²) >= 11 is 0. The number of rotatable bonds is 8. The zero-order valence-electron chi connectivity index (χ0n) is 14.0. The summed E-state index contributed by atoms with van der Waals surface area (Å²) < 4.78 is 57.1. The fraction of sp³-hybridized carbons (Fsp3) is 0.500. The number of nitriles is 1. The molecule has 1 atom stereocenters. The molecule has 0 aliphatic carbocycles. The smallest absolute Gasteiger partial charge is 0.246 e. The maximum atomic E-state index is 12.7. The van der Waals surface area contributed by atoms with E-state index in [4.69, 9.17) is 10.00 Å². The predicted molar refractivity (Wildman–Crippen MR) is 90.7 cm³/mol. The van der Waals surface area contributed by atoms with Gasteiger partial charge in [-0.15, -0.1) is 0 Å². The lowest BCUT2D eigenvalue weighted by Gasteiger charge is -2.23. The molecule has 1 unspecified atom stereocenters. The van der Waals surface area contributed by atoms with Crippen LogP contribution in [0.25, 0.3) is 0 Å². The quantitative estimate of drug-likeness (QED) is 0.733. The first-order valence-electron chi connectivity index (χ1n) is 7.12. The van der Waals surface area contributed by atoms with Crippen LogP contribution in [0, 0.1) is 11.3 Å². The van der Waals surface area contributed by atoms with Crippen LogP contribution >= 0.6 is 0 Å². The molecule has 1 aromatic carbocycles. The Morgan fingerprint density at radius 3 is 2.46 bits per heavy atom. The van der Waals surface area contributed by atoms with E-state index < -0.39 is 26.1 Å². The molecule has 10 heteroatoms. The van der Waals surface area contributed by atoms with Crippen LogP contribution in [0.4, 0.5) is 5.69 Å². The molecule has 24 heavy (non-hydrogen) atoms. The Hall–Kier alpha value is -1.83. The van der Waals surface area contributed by atoms with Crippen LogP contribution in [-0.2, 0) is 20.0 Å². The summed E-state index contributed by atoms with van der Waals surface area (Å²) in [5.41, 5.74) is 0.209. The highest BCUT2D eigenvalue weighted by molar-refractivity contribution is 7.92. The number of hydrogen-bond donors (Lipinski definition) is 1. The molecule has 1 rings (SSSR count). The van der Waals surface area contributed by atoms with Gasteiger partial charge in [-0.3, -0.25) is 4.72 Å². The fourth-order valence-electron chi connectivity index (χ4n) is 1.85. The Morgan fingerprint density at radius 2 is 1.96 bits per heavy atom. The van der Waals surface area contributed by atoms with Crippen LogP contribution in [0.5, 0.6) is 5.75 Å². The van der Waals surface area contributed by atoms with Gasteiger partial charge in [-0.1, -0.05) is 0 Å². The van der Waals surface area contributed by atoms with Gasteiger partial charge >= 0.3 is 0 Å². The molecule has 8 nitrogen and oxygen atoms in total. The topological polar surface area (TPSA) is 117 Å². The second-order valence-corrected chi connectivity index (χ2v) is 9.08. The van der Waals surface area contributed by atoms with E-state index in [0.29, 0.717) is 0 Å². The van der Waals surface area contributed by atoms with Gasteiger partial charge in [0.25, 0.3) is 0 Å². The van der Waals surface area contributed by atoms with Crippen molar-refractivity contribution in [3.05, 3.63) is 18.2 Å². The highest BCUT2D eigenvalue weighted by atomic mass is 32.2. The van der Waals surface area contributed by atoms with E-state index >= 15 is 0 Å². The summed E-state index contributed by atoms with van der Waals surface area (Å²) in [7, 11) is -4.70. The van der Waals surface area contributed by atoms with Crippen molar-refractivity contribution in [2.45, 2.75) is 31.2 Å². The van der Waals surface area contributed by atoms with E-state index in [1.807, 2.05) is 6.07 Å². The lowest BCUT2D eigenvalue weighted by molar-refractivity contribution is 0.379. The van der Waals surface area contributed by atoms with Gasteiger partial charge in [0.2, 0.25) is 20.0 Å². The molecule has 0 radical (unpaired) electrons. The Balaban J connectivity index is 3.28. The first-order valence-corrected chi connectivity index (χ1v) is 10.2. The molecule has 0 fully saturated rings. The van der Waals surface area contributed by atoms with Crippen LogP contribution in [0.2, 0.25) is 0 Å². The molecule has 1 N–H and O–H groups in total. The number of ether oxygens (including phenoxy) is 1. The molecule has 134 valence electrons. The summed E-state index contributed by atoms with van der Waals surface area (Å²) in [4.78, 5) is -0.100. The highest BCUT2D eigenvalue weighted by Crippen LogP contribution is 2.30. The summed E-state index contributed by atoms with van der Waals surface area (Å²) in [6.45, 7) is 3.11.